The molecule has 180 valence electrons. The van der Waals surface area contributed by atoms with Gasteiger partial charge in [0, 0.05) is 22.8 Å². The maximum atomic E-state index is 13.6. The van der Waals surface area contributed by atoms with Crippen LogP contribution in [0.5, 0.6) is 5.75 Å². The van der Waals surface area contributed by atoms with Gasteiger partial charge in [-0.1, -0.05) is 29.8 Å². The Morgan fingerprint density at radius 2 is 1.60 bits per heavy atom. The van der Waals surface area contributed by atoms with Crippen LogP contribution in [-0.4, -0.2) is 35.6 Å². The Labute approximate surface area is 206 Å². The van der Waals surface area contributed by atoms with Crippen LogP contribution in [0.2, 0.25) is 0 Å². The number of allylic oxidation sites excluding steroid dienone is 1. The number of carbonyl (C=O) groups excluding carboxylic acids is 2. The van der Waals surface area contributed by atoms with E-state index in [9.17, 15) is 9.59 Å². The smallest absolute Gasteiger partial charge is 0.340 e. The highest BCUT2D eigenvalue weighted by atomic mass is 16.5. The minimum absolute atomic E-state index is 0.210. The second-order valence-electron chi connectivity index (χ2n) is 8.75. The van der Waals surface area contributed by atoms with Crippen molar-refractivity contribution in [3.8, 4) is 11.4 Å². The quantitative estimate of drug-likeness (QED) is 0.363. The molecule has 1 amide bonds. The molecule has 0 saturated carbocycles. The molecule has 0 spiro atoms. The third-order valence-corrected chi connectivity index (χ3v) is 6.46. The van der Waals surface area contributed by atoms with Gasteiger partial charge in [0.15, 0.2) is 0 Å². The van der Waals surface area contributed by atoms with E-state index < -0.39 is 5.97 Å². The van der Waals surface area contributed by atoms with Gasteiger partial charge in [0.1, 0.15) is 5.75 Å². The zero-order valence-electron chi connectivity index (χ0n) is 21.0. The largest absolute Gasteiger partial charge is 0.497 e. The van der Waals surface area contributed by atoms with Crippen molar-refractivity contribution in [2.75, 3.05) is 14.2 Å². The number of aryl methyl sites for hydroxylation is 2. The Bertz CT molecular complexity index is 1340. The summed E-state index contributed by atoms with van der Waals surface area (Å²) in [5.41, 5.74) is 7.22. The molecule has 2 aromatic carbocycles. The van der Waals surface area contributed by atoms with Gasteiger partial charge in [0.2, 0.25) is 0 Å². The lowest BCUT2D eigenvalue weighted by atomic mass is 10.0. The molecule has 35 heavy (non-hydrogen) atoms. The Hall–Kier alpha value is -4.06. The maximum Gasteiger partial charge on any atom is 0.340 e. The fraction of sp³-hybridized carbons (Fsp3) is 0.241. The molecule has 0 N–H and O–H groups in total. The summed E-state index contributed by atoms with van der Waals surface area (Å²) < 4.78 is 12.4. The van der Waals surface area contributed by atoms with Gasteiger partial charge in [-0.15, -0.1) is 0 Å². The number of esters is 1. The fourth-order valence-corrected chi connectivity index (χ4v) is 4.51. The number of carbonyl (C=O) groups is 2. The summed E-state index contributed by atoms with van der Waals surface area (Å²) in [5.74, 6) is 0.0577. The van der Waals surface area contributed by atoms with Gasteiger partial charge in [0.05, 0.1) is 31.9 Å². The molecule has 0 bridgehead atoms. The minimum atomic E-state index is -0.516. The van der Waals surface area contributed by atoms with Gasteiger partial charge in [-0.3, -0.25) is 4.79 Å². The highest BCUT2D eigenvalue weighted by molar-refractivity contribution is 6.16. The first-order valence-electron chi connectivity index (χ1n) is 11.5. The summed E-state index contributed by atoms with van der Waals surface area (Å²) in [4.78, 5) is 27.9. The third-order valence-electron chi connectivity index (χ3n) is 6.46. The van der Waals surface area contributed by atoms with Crippen LogP contribution in [0.15, 0.2) is 71.4 Å². The summed E-state index contributed by atoms with van der Waals surface area (Å²) in [6.07, 6.45) is 1.80. The molecule has 0 fully saturated rings. The van der Waals surface area contributed by atoms with Crippen LogP contribution in [0.25, 0.3) is 11.8 Å². The van der Waals surface area contributed by atoms with Crippen molar-refractivity contribution in [3.63, 3.8) is 0 Å². The molecular weight excluding hydrogens is 440 g/mol. The van der Waals surface area contributed by atoms with E-state index in [1.54, 1.807) is 25.0 Å². The minimum Gasteiger partial charge on any atom is -0.497 e. The highest BCUT2D eigenvalue weighted by Crippen LogP contribution is 2.34. The summed E-state index contributed by atoms with van der Waals surface area (Å²) in [6, 6.07) is 17.9. The highest BCUT2D eigenvalue weighted by Gasteiger charge is 2.37. The average Bonchev–Trinajstić information content (AvgIpc) is 3.26. The van der Waals surface area contributed by atoms with Crippen LogP contribution in [-0.2, 0) is 20.9 Å². The SMILES string of the molecule is COC(=O)C1=C(C)N(Cc2ccc(C)cc2)C(=O)/C1=C\c1cc(C)n(-c2ccc(OC)cc2)c1C. The van der Waals surface area contributed by atoms with E-state index in [1.807, 2.05) is 75.4 Å². The van der Waals surface area contributed by atoms with Crippen LogP contribution in [0, 0.1) is 20.8 Å². The molecule has 3 aromatic rings. The van der Waals surface area contributed by atoms with Gasteiger partial charge in [-0.2, -0.15) is 0 Å². The molecule has 0 unspecified atom stereocenters. The fourth-order valence-electron chi connectivity index (χ4n) is 4.51. The molecule has 0 radical (unpaired) electrons. The van der Waals surface area contributed by atoms with Gasteiger partial charge in [-0.05, 0) is 75.2 Å². The van der Waals surface area contributed by atoms with Gasteiger partial charge in [0.25, 0.3) is 5.91 Å². The van der Waals surface area contributed by atoms with E-state index in [1.165, 1.54) is 7.11 Å². The summed E-state index contributed by atoms with van der Waals surface area (Å²) in [7, 11) is 2.98. The van der Waals surface area contributed by atoms with Gasteiger partial charge in [-0.25, -0.2) is 4.79 Å². The summed E-state index contributed by atoms with van der Waals surface area (Å²) in [5, 5.41) is 0. The topological polar surface area (TPSA) is 60.8 Å². The molecule has 2 heterocycles. The van der Waals surface area contributed by atoms with E-state index in [0.29, 0.717) is 23.4 Å². The predicted molar refractivity (Wildman–Crippen MR) is 136 cm³/mol. The van der Waals surface area contributed by atoms with Gasteiger partial charge < -0.3 is 18.9 Å². The Morgan fingerprint density at radius 1 is 0.943 bits per heavy atom. The lowest BCUT2D eigenvalue weighted by Gasteiger charge is -2.18. The monoisotopic (exact) mass is 470 g/mol. The number of nitrogens with zero attached hydrogens (tertiary/aromatic N) is 2. The number of aromatic nitrogens is 1. The Kier molecular flexibility index (Phi) is 6.65. The lowest BCUT2D eigenvalue weighted by Crippen LogP contribution is -2.24. The predicted octanol–water partition coefficient (Wildman–Crippen LogP) is 5.28. The van der Waals surface area contributed by atoms with Crippen molar-refractivity contribution in [3.05, 3.63) is 99.5 Å². The number of benzene rings is 2. The van der Waals surface area contributed by atoms with Crippen LogP contribution < -0.4 is 4.74 Å². The van der Waals surface area contributed by atoms with Crippen molar-refractivity contribution in [2.24, 2.45) is 0 Å². The van der Waals surface area contributed by atoms with Crippen LogP contribution in [0.1, 0.15) is 35.0 Å². The van der Waals surface area contributed by atoms with E-state index >= 15 is 0 Å². The molecule has 6 heteroatoms. The number of rotatable bonds is 6. The van der Waals surface area contributed by atoms with Crippen molar-refractivity contribution >= 4 is 18.0 Å². The zero-order chi connectivity index (χ0) is 25.3. The van der Waals surface area contributed by atoms with Crippen molar-refractivity contribution in [1.29, 1.82) is 0 Å². The number of methoxy groups -OCH3 is 2. The number of hydrogen-bond acceptors (Lipinski definition) is 4. The molecule has 1 aliphatic heterocycles. The average molecular weight is 471 g/mol. The lowest BCUT2D eigenvalue weighted by molar-refractivity contribution is -0.136. The van der Waals surface area contributed by atoms with Crippen LogP contribution in [0.4, 0.5) is 0 Å². The van der Waals surface area contributed by atoms with Crippen molar-refractivity contribution < 1.29 is 19.1 Å². The normalized spacial score (nSPS) is 14.7. The third kappa shape index (κ3) is 4.52. The van der Waals surface area contributed by atoms with E-state index in [0.717, 1.165) is 39.5 Å². The standard InChI is InChI=1S/C29H30N2O4/c1-18-7-9-22(10-8-18)17-30-21(4)27(29(33)35-6)26(28(30)32)16-23-15-19(2)31(20(23)3)24-11-13-25(34-5)14-12-24/h7-16H,17H2,1-6H3/b26-16-. The first-order chi connectivity index (χ1) is 16.7. The van der Waals surface area contributed by atoms with Crippen molar-refractivity contribution in [1.82, 2.24) is 9.47 Å². The summed E-state index contributed by atoms with van der Waals surface area (Å²) >= 11 is 0. The van der Waals surface area contributed by atoms with Crippen LogP contribution in [0.3, 0.4) is 0 Å². The molecular formula is C29H30N2O4. The van der Waals surface area contributed by atoms with Crippen molar-refractivity contribution in [2.45, 2.75) is 34.2 Å². The first kappa shape index (κ1) is 24.1. The molecule has 4 rings (SSSR count). The molecule has 0 aliphatic carbocycles. The molecule has 6 nitrogen and oxygen atoms in total. The first-order valence-corrected chi connectivity index (χ1v) is 11.5. The molecule has 1 aromatic heterocycles. The number of ether oxygens (including phenoxy) is 2. The second kappa shape index (κ2) is 9.66. The number of hydrogen-bond donors (Lipinski definition) is 0. The molecule has 0 saturated heterocycles. The van der Waals surface area contributed by atoms with Crippen LogP contribution >= 0.6 is 0 Å². The summed E-state index contributed by atoms with van der Waals surface area (Å²) in [6.45, 7) is 8.21. The van der Waals surface area contributed by atoms with E-state index in [4.69, 9.17) is 9.47 Å². The van der Waals surface area contributed by atoms with E-state index in [-0.39, 0.29) is 5.91 Å². The Balaban J connectivity index is 1.75. The maximum absolute atomic E-state index is 13.6. The Morgan fingerprint density at radius 3 is 2.20 bits per heavy atom. The molecule has 1 aliphatic rings. The zero-order valence-corrected chi connectivity index (χ0v) is 21.0. The molecule has 0 atom stereocenters. The second-order valence-corrected chi connectivity index (χ2v) is 8.75. The number of amides is 1. The van der Waals surface area contributed by atoms with Gasteiger partial charge >= 0.3 is 5.97 Å². The van der Waals surface area contributed by atoms with E-state index in [2.05, 4.69) is 4.57 Å².